The van der Waals surface area contributed by atoms with Crippen LogP contribution in [0.2, 0.25) is 0 Å². The van der Waals surface area contributed by atoms with Crippen LogP contribution in [0.3, 0.4) is 0 Å². The van der Waals surface area contributed by atoms with Gasteiger partial charge in [0.2, 0.25) is 0 Å². The average molecular weight is 479 g/mol. The summed E-state index contributed by atoms with van der Waals surface area (Å²) in [5.41, 5.74) is 6.07. The standard InChI is InChI=1S/C36H30O/c1-5-13-29(14-6-1)31-21-25-35(26-22-31,33-17-9-3-10-18-33)37-36(34-19-11-4-12-20-34)27-23-32(24-28-36)30-15-7-2-8-16-30/h1-25,27H,26,28H2. The fourth-order valence-electron chi connectivity index (χ4n) is 5.40. The Morgan fingerprint density at radius 3 is 1.11 bits per heavy atom. The number of allylic oxidation sites excluding steroid dienone is 4. The molecule has 180 valence electrons. The Morgan fingerprint density at radius 2 is 0.784 bits per heavy atom. The van der Waals surface area contributed by atoms with Crippen LogP contribution in [0, 0.1) is 0 Å². The highest BCUT2D eigenvalue weighted by atomic mass is 16.5. The predicted octanol–water partition coefficient (Wildman–Crippen LogP) is 8.88. The van der Waals surface area contributed by atoms with Gasteiger partial charge in [-0.15, -0.1) is 0 Å². The summed E-state index contributed by atoms with van der Waals surface area (Å²) in [6.07, 6.45) is 15.1. The van der Waals surface area contributed by atoms with Crippen LogP contribution >= 0.6 is 0 Å². The van der Waals surface area contributed by atoms with Gasteiger partial charge in [-0.3, -0.25) is 0 Å². The molecule has 1 nitrogen and oxygen atoms in total. The lowest BCUT2D eigenvalue weighted by Gasteiger charge is -2.43. The Hall–Kier alpha value is -4.20. The summed E-state index contributed by atoms with van der Waals surface area (Å²) in [5.74, 6) is 0. The summed E-state index contributed by atoms with van der Waals surface area (Å²) in [4.78, 5) is 0. The monoisotopic (exact) mass is 478 g/mol. The molecule has 0 saturated carbocycles. The molecule has 0 spiro atoms. The second kappa shape index (κ2) is 10.0. The first-order valence-electron chi connectivity index (χ1n) is 13.0. The van der Waals surface area contributed by atoms with Gasteiger partial charge in [0, 0.05) is 12.8 Å². The van der Waals surface area contributed by atoms with Gasteiger partial charge in [-0.25, -0.2) is 0 Å². The molecule has 0 radical (unpaired) electrons. The second-order valence-electron chi connectivity index (χ2n) is 9.74. The number of benzene rings is 4. The maximum absolute atomic E-state index is 7.39. The SMILES string of the molecule is C1=CC(OC2(c3ccccc3)C=CC(c3ccccc3)=CC2)(c2ccccc2)CC=C1c1ccccc1. The van der Waals surface area contributed by atoms with Crippen molar-refractivity contribution in [3.63, 3.8) is 0 Å². The van der Waals surface area contributed by atoms with Crippen LogP contribution in [0.25, 0.3) is 11.1 Å². The van der Waals surface area contributed by atoms with Crippen molar-refractivity contribution in [1.29, 1.82) is 0 Å². The minimum atomic E-state index is -0.586. The van der Waals surface area contributed by atoms with Gasteiger partial charge in [-0.05, 0) is 45.6 Å². The Morgan fingerprint density at radius 1 is 0.432 bits per heavy atom. The lowest BCUT2D eigenvalue weighted by molar-refractivity contribution is -0.116. The normalized spacial score (nSPS) is 22.8. The van der Waals surface area contributed by atoms with E-state index in [0.717, 1.165) is 24.0 Å². The van der Waals surface area contributed by atoms with Crippen LogP contribution in [0.15, 0.2) is 158 Å². The Bertz CT molecular complexity index is 1350. The molecule has 0 fully saturated rings. The van der Waals surface area contributed by atoms with Gasteiger partial charge >= 0.3 is 0 Å². The summed E-state index contributed by atoms with van der Waals surface area (Å²) in [6, 6.07) is 42.4. The maximum Gasteiger partial charge on any atom is 0.117 e. The van der Waals surface area contributed by atoms with Crippen LogP contribution < -0.4 is 0 Å². The highest BCUT2D eigenvalue weighted by molar-refractivity contribution is 5.76. The molecular weight excluding hydrogens is 448 g/mol. The third kappa shape index (κ3) is 4.67. The van der Waals surface area contributed by atoms with Crippen LogP contribution in [0.1, 0.15) is 35.1 Å². The van der Waals surface area contributed by atoms with Crippen molar-refractivity contribution >= 4 is 11.1 Å². The molecule has 4 aromatic carbocycles. The van der Waals surface area contributed by atoms with Crippen molar-refractivity contribution < 1.29 is 4.74 Å². The lowest BCUT2D eigenvalue weighted by atomic mass is 9.79. The minimum Gasteiger partial charge on any atom is -0.350 e. The molecule has 0 aliphatic heterocycles. The second-order valence-corrected chi connectivity index (χ2v) is 9.74. The van der Waals surface area contributed by atoms with Gasteiger partial charge in [0.15, 0.2) is 0 Å². The van der Waals surface area contributed by atoms with E-state index in [1.54, 1.807) is 0 Å². The quantitative estimate of drug-likeness (QED) is 0.269. The van der Waals surface area contributed by atoms with E-state index in [0.29, 0.717) is 0 Å². The molecule has 4 aromatic rings. The number of hydrogen-bond acceptors (Lipinski definition) is 1. The molecule has 0 heterocycles. The van der Waals surface area contributed by atoms with Gasteiger partial charge in [0.1, 0.15) is 11.2 Å². The first-order valence-corrected chi connectivity index (χ1v) is 13.0. The first kappa shape index (κ1) is 23.2. The largest absolute Gasteiger partial charge is 0.350 e. The highest BCUT2D eigenvalue weighted by Gasteiger charge is 2.42. The zero-order valence-corrected chi connectivity index (χ0v) is 20.8. The van der Waals surface area contributed by atoms with Gasteiger partial charge in [-0.2, -0.15) is 0 Å². The number of rotatable bonds is 6. The summed E-state index contributed by atoms with van der Waals surface area (Å²) in [7, 11) is 0. The topological polar surface area (TPSA) is 9.23 Å². The molecule has 0 N–H and O–H groups in total. The summed E-state index contributed by atoms with van der Waals surface area (Å²) >= 11 is 0. The van der Waals surface area contributed by atoms with Gasteiger partial charge in [-0.1, -0.05) is 146 Å². The third-order valence-electron chi connectivity index (χ3n) is 7.42. The fraction of sp³-hybridized carbons (Fsp3) is 0.111. The molecule has 2 atom stereocenters. The van der Waals surface area contributed by atoms with Crippen molar-refractivity contribution in [3.8, 4) is 0 Å². The van der Waals surface area contributed by atoms with Crippen molar-refractivity contribution in [2.45, 2.75) is 24.0 Å². The molecule has 2 aliphatic rings. The molecule has 0 bridgehead atoms. The van der Waals surface area contributed by atoms with E-state index in [1.807, 2.05) is 0 Å². The van der Waals surface area contributed by atoms with Crippen LogP contribution in [0.4, 0.5) is 0 Å². The molecule has 0 aromatic heterocycles. The fourth-order valence-corrected chi connectivity index (χ4v) is 5.40. The Kier molecular flexibility index (Phi) is 6.30. The van der Waals surface area contributed by atoms with Crippen molar-refractivity contribution in [3.05, 3.63) is 180 Å². The van der Waals surface area contributed by atoms with Crippen molar-refractivity contribution in [2.24, 2.45) is 0 Å². The highest BCUT2D eigenvalue weighted by Crippen LogP contribution is 2.47. The van der Waals surface area contributed by atoms with Crippen molar-refractivity contribution in [1.82, 2.24) is 0 Å². The van der Waals surface area contributed by atoms with E-state index >= 15 is 0 Å². The van der Waals surface area contributed by atoms with Gasteiger partial charge in [0.25, 0.3) is 0 Å². The summed E-state index contributed by atoms with van der Waals surface area (Å²) in [6.45, 7) is 0. The number of ether oxygens (including phenoxy) is 1. The first-order chi connectivity index (χ1) is 18.3. The molecular formula is C36H30O. The molecule has 2 unspecified atom stereocenters. The van der Waals surface area contributed by atoms with Crippen LogP contribution in [0.5, 0.6) is 0 Å². The van der Waals surface area contributed by atoms with E-state index in [1.165, 1.54) is 22.3 Å². The van der Waals surface area contributed by atoms with Crippen molar-refractivity contribution in [2.75, 3.05) is 0 Å². The molecule has 0 amide bonds. The summed E-state index contributed by atoms with van der Waals surface area (Å²) < 4.78 is 7.39. The Balaban J connectivity index is 1.40. The number of hydrogen-bond donors (Lipinski definition) is 0. The maximum atomic E-state index is 7.39. The van der Waals surface area contributed by atoms with E-state index in [-0.39, 0.29) is 0 Å². The predicted molar refractivity (Wildman–Crippen MR) is 154 cm³/mol. The smallest absolute Gasteiger partial charge is 0.117 e. The third-order valence-corrected chi connectivity index (χ3v) is 7.42. The van der Waals surface area contributed by atoms with E-state index in [9.17, 15) is 0 Å². The summed E-state index contributed by atoms with van der Waals surface area (Å²) in [5, 5.41) is 0. The lowest BCUT2D eigenvalue weighted by Crippen LogP contribution is -2.40. The van der Waals surface area contributed by atoms with E-state index < -0.39 is 11.2 Å². The Labute approximate surface area is 219 Å². The average Bonchev–Trinajstić information content (AvgIpc) is 3.00. The van der Waals surface area contributed by atoms with Gasteiger partial charge in [0.05, 0.1) is 0 Å². The van der Waals surface area contributed by atoms with E-state index in [4.69, 9.17) is 4.74 Å². The molecule has 0 saturated heterocycles. The van der Waals surface area contributed by atoms with Crippen LogP contribution in [-0.4, -0.2) is 0 Å². The zero-order valence-electron chi connectivity index (χ0n) is 20.8. The molecule has 37 heavy (non-hydrogen) atoms. The van der Waals surface area contributed by atoms with E-state index in [2.05, 4.69) is 158 Å². The zero-order chi connectivity index (χ0) is 25.0. The molecule has 2 aliphatic carbocycles. The minimum absolute atomic E-state index is 0.586. The van der Waals surface area contributed by atoms with Crippen LogP contribution in [-0.2, 0) is 15.9 Å². The van der Waals surface area contributed by atoms with Gasteiger partial charge < -0.3 is 4.74 Å². The molecule has 1 heteroatoms. The molecule has 6 rings (SSSR count).